The molecule has 0 unspecified atom stereocenters. The lowest BCUT2D eigenvalue weighted by Gasteiger charge is -2.39. The van der Waals surface area contributed by atoms with Gasteiger partial charge in [-0.3, -0.25) is 4.79 Å². The first-order valence-electron chi connectivity index (χ1n) is 10.4. The van der Waals surface area contributed by atoms with Crippen molar-refractivity contribution in [3.63, 3.8) is 0 Å². The molecule has 0 atom stereocenters. The number of ether oxygens (including phenoxy) is 2. The molecule has 0 bridgehead atoms. The van der Waals surface area contributed by atoms with Crippen molar-refractivity contribution in [2.24, 2.45) is 0 Å². The highest BCUT2D eigenvalue weighted by atomic mass is 16.5. The van der Waals surface area contributed by atoms with E-state index in [1.54, 1.807) is 7.11 Å². The Morgan fingerprint density at radius 2 is 2.00 bits per heavy atom. The van der Waals surface area contributed by atoms with Gasteiger partial charge in [-0.15, -0.1) is 0 Å². The number of hydrogen-bond acceptors (Lipinski definition) is 6. The smallest absolute Gasteiger partial charge is 0.248 e. The third kappa shape index (κ3) is 4.85. The number of nitrogens with zero attached hydrogens (tertiary/aromatic N) is 3. The second kappa shape index (κ2) is 9.05. The number of amides is 1. The zero-order valence-electron chi connectivity index (χ0n) is 17.0. The maximum absolute atomic E-state index is 12.6. The molecule has 1 aliphatic heterocycles. The van der Waals surface area contributed by atoms with Crippen LogP contribution in [0.5, 0.6) is 0 Å². The summed E-state index contributed by atoms with van der Waals surface area (Å²) in [6, 6.07) is 9.90. The number of carbonyl (C=O) groups excluding carboxylic acids is 1. The van der Waals surface area contributed by atoms with E-state index in [1.165, 1.54) is 0 Å². The van der Waals surface area contributed by atoms with Crippen molar-refractivity contribution in [1.82, 2.24) is 15.0 Å². The molecule has 1 saturated heterocycles. The predicted molar refractivity (Wildman–Crippen MR) is 106 cm³/mol. The number of hydrogen-bond donors (Lipinski definition) is 0. The van der Waals surface area contributed by atoms with Crippen LogP contribution in [0.2, 0.25) is 0 Å². The largest absolute Gasteiger partial charge is 0.385 e. The Balaban J connectivity index is 1.32. The molecule has 0 spiro atoms. The molecule has 1 aliphatic carbocycles. The lowest BCUT2D eigenvalue weighted by atomic mass is 9.75. The Morgan fingerprint density at radius 3 is 2.69 bits per heavy atom. The number of methoxy groups -OCH3 is 1. The van der Waals surface area contributed by atoms with Crippen LogP contribution in [0.4, 0.5) is 0 Å². The molecule has 1 saturated carbocycles. The number of carbonyl (C=O) groups is 1. The van der Waals surface area contributed by atoms with Crippen molar-refractivity contribution < 1.29 is 18.8 Å². The third-order valence-electron chi connectivity index (χ3n) is 6.04. The first-order valence-corrected chi connectivity index (χ1v) is 10.4. The summed E-state index contributed by atoms with van der Waals surface area (Å²) in [5, 5.41) is 4.31. The van der Waals surface area contributed by atoms with Gasteiger partial charge in [-0.1, -0.05) is 35.5 Å². The van der Waals surface area contributed by atoms with E-state index in [0.29, 0.717) is 32.2 Å². The number of rotatable bonds is 9. The van der Waals surface area contributed by atoms with Gasteiger partial charge in [0.05, 0.1) is 6.61 Å². The van der Waals surface area contributed by atoms with Crippen molar-refractivity contribution >= 4 is 5.91 Å². The van der Waals surface area contributed by atoms with Gasteiger partial charge in [0.1, 0.15) is 6.61 Å². The molecule has 2 heterocycles. The standard InChI is InChI=1S/C22H29N3O4/c1-27-14-11-22(21-23-20(29-24-21)18-7-8-18)9-12-25(13-10-22)19(26)16-28-15-17-5-3-2-4-6-17/h2-6,18H,7-16H2,1H3. The summed E-state index contributed by atoms with van der Waals surface area (Å²) in [5.74, 6) is 2.03. The van der Waals surface area contributed by atoms with Gasteiger partial charge in [0.25, 0.3) is 0 Å². The van der Waals surface area contributed by atoms with Crippen LogP contribution in [0, 0.1) is 0 Å². The Labute approximate surface area is 171 Å². The van der Waals surface area contributed by atoms with E-state index in [0.717, 1.165) is 49.4 Å². The topological polar surface area (TPSA) is 77.7 Å². The van der Waals surface area contributed by atoms with Crippen LogP contribution >= 0.6 is 0 Å². The fraction of sp³-hybridized carbons (Fsp3) is 0.591. The van der Waals surface area contributed by atoms with Crippen LogP contribution in [0.25, 0.3) is 0 Å². The van der Waals surface area contributed by atoms with E-state index < -0.39 is 0 Å². The Hall–Kier alpha value is -2.25. The summed E-state index contributed by atoms with van der Waals surface area (Å²) in [7, 11) is 1.71. The highest BCUT2D eigenvalue weighted by molar-refractivity contribution is 5.77. The molecule has 0 radical (unpaired) electrons. The van der Waals surface area contributed by atoms with E-state index in [4.69, 9.17) is 19.0 Å². The summed E-state index contributed by atoms with van der Waals surface area (Å²) >= 11 is 0. The van der Waals surface area contributed by atoms with Crippen LogP contribution in [0.3, 0.4) is 0 Å². The number of likely N-dealkylation sites (tertiary alicyclic amines) is 1. The van der Waals surface area contributed by atoms with Gasteiger partial charge in [0, 0.05) is 38.1 Å². The first-order chi connectivity index (χ1) is 14.2. The number of aromatic nitrogens is 2. The van der Waals surface area contributed by atoms with Crippen molar-refractivity contribution in [2.45, 2.75) is 50.0 Å². The minimum absolute atomic E-state index is 0.0352. The predicted octanol–water partition coefficient (Wildman–Crippen LogP) is 3.06. The summed E-state index contributed by atoms with van der Waals surface area (Å²) in [6.07, 6.45) is 4.73. The second-order valence-corrected chi connectivity index (χ2v) is 8.11. The van der Waals surface area contributed by atoms with Gasteiger partial charge >= 0.3 is 0 Å². The molecule has 1 aromatic carbocycles. The molecule has 0 N–H and O–H groups in total. The summed E-state index contributed by atoms with van der Waals surface area (Å²) in [5.41, 5.74) is 0.884. The maximum Gasteiger partial charge on any atom is 0.248 e. The molecule has 2 aromatic rings. The molecule has 29 heavy (non-hydrogen) atoms. The van der Waals surface area contributed by atoms with Crippen LogP contribution in [-0.2, 0) is 26.3 Å². The summed E-state index contributed by atoms with van der Waals surface area (Å²) in [4.78, 5) is 19.2. The van der Waals surface area contributed by atoms with Gasteiger partial charge in [-0.25, -0.2) is 0 Å². The minimum Gasteiger partial charge on any atom is -0.385 e. The van der Waals surface area contributed by atoms with Crippen LogP contribution in [-0.4, -0.2) is 54.4 Å². The van der Waals surface area contributed by atoms with E-state index in [2.05, 4.69) is 5.16 Å². The van der Waals surface area contributed by atoms with E-state index in [9.17, 15) is 4.79 Å². The Morgan fingerprint density at radius 1 is 1.24 bits per heavy atom. The molecule has 156 valence electrons. The maximum atomic E-state index is 12.6. The van der Waals surface area contributed by atoms with E-state index in [-0.39, 0.29) is 17.9 Å². The second-order valence-electron chi connectivity index (χ2n) is 8.11. The van der Waals surface area contributed by atoms with Crippen LogP contribution < -0.4 is 0 Å². The van der Waals surface area contributed by atoms with E-state index in [1.807, 2.05) is 35.2 Å². The van der Waals surface area contributed by atoms with Crippen molar-refractivity contribution in [3.05, 3.63) is 47.6 Å². The molecule has 1 aromatic heterocycles. The van der Waals surface area contributed by atoms with Crippen molar-refractivity contribution in [3.8, 4) is 0 Å². The highest BCUT2D eigenvalue weighted by Gasteiger charge is 2.42. The average Bonchev–Trinajstić information content (AvgIpc) is 3.49. The average molecular weight is 399 g/mol. The Bertz CT molecular complexity index is 795. The third-order valence-corrected chi connectivity index (χ3v) is 6.04. The number of piperidine rings is 1. The highest BCUT2D eigenvalue weighted by Crippen LogP contribution is 2.42. The molecule has 2 aliphatic rings. The lowest BCUT2D eigenvalue weighted by molar-refractivity contribution is -0.138. The zero-order valence-corrected chi connectivity index (χ0v) is 17.0. The lowest BCUT2D eigenvalue weighted by Crippen LogP contribution is -2.47. The van der Waals surface area contributed by atoms with Gasteiger partial charge in [0.2, 0.25) is 11.8 Å². The summed E-state index contributed by atoms with van der Waals surface area (Å²) in [6.45, 7) is 2.54. The van der Waals surface area contributed by atoms with Crippen molar-refractivity contribution in [1.29, 1.82) is 0 Å². The molecule has 7 nitrogen and oxygen atoms in total. The quantitative estimate of drug-likeness (QED) is 0.645. The van der Waals surface area contributed by atoms with Gasteiger partial charge in [0.15, 0.2) is 5.82 Å². The first kappa shape index (κ1) is 20.0. The molecular formula is C22H29N3O4. The Kier molecular flexibility index (Phi) is 6.25. The SMILES string of the molecule is COCCC1(c2noc(C3CC3)n2)CCN(C(=O)COCc2ccccc2)CC1. The molecular weight excluding hydrogens is 370 g/mol. The number of benzene rings is 1. The van der Waals surface area contributed by atoms with Crippen molar-refractivity contribution in [2.75, 3.05) is 33.4 Å². The normalized spacial score (nSPS) is 18.7. The molecule has 1 amide bonds. The fourth-order valence-corrected chi connectivity index (χ4v) is 3.94. The van der Waals surface area contributed by atoms with Gasteiger partial charge < -0.3 is 18.9 Å². The molecule has 4 rings (SSSR count). The van der Waals surface area contributed by atoms with Gasteiger partial charge in [-0.2, -0.15) is 4.98 Å². The van der Waals surface area contributed by atoms with Gasteiger partial charge in [-0.05, 0) is 37.7 Å². The fourth-order valence-electron chi connectivity index (χ4n) is 3.94. The minimum atomic E-state index is -0.186. The zero-order chi connectivity index (χ0) is 20.1. The molecule has 7 heteroatoms. The molecule has 2 fully saturated rings. The summed E-state index contributed by atoms with van der Waals surface area (Å²) < 4.78 is 16.5. The monoisotopic (exact) mass is 399 g/mol. The van der Waals surface area contributed by atoms with Crippen LogP contribution in [0.15, 0.2) is 34.9 Å². The van der Waals surface area contributed by atoms with Crippen LogP contribution in [0.1, 0.15) is 55.3 Å². The van der Waals surface area contributed by atoms with E-state index >= 15 is 0 Å².